The van der Waals surface area contributed by atoms with Gasteiger partial charge in [-0.3, -0.25) is 4.79 Å². The molecule has 1 heterocycles. The van der Waals surface area contributed by atoms with Crippen LogP contribution < -0.4 is 4.90 Å². The monoisotopic (exact) mass is 259 g/mol. The highest BCUT2D eigenvalue weighted by Crippen LogP contribution is 2.25. The maximum absolute atomic E-state index is 12.1. The summed E-state index contributed by atoms with van der Waals surface area (Å²) < 4.78 is 0. The summed E-state index contributed by atoms with van der Waals surface area (Å²) in [5.41, 5.74) is 1.35. The van der Waals surface area contributed by atoms with E-state index >= 15 is 0 Å². The number of nitriles is 1. The number of carbonyl (C=O) groups excluding carboxylic acids is 1. The molecule has 1 aromatic rings. The number of hydrogen-bond donors (Lipinski definition) is 1. The summed E-state index contributed by atoms with van der Waals surface area (Å²) in [5.74, 6) is -0.0945. The number of aliphatic hydroxyl groups excluding tert-OH is 1. The Morgan fingerprint density at radius 3 is 2.89 bits per heavy atom. The highest BCUT2D eigenvalue weighted by Gasteiger charge is 2.36. The Morgan fingerprint density at radius 1 is 1.53 bits per heavy atom. The molecule has 19 heavy (non-hydrogen) atoms. The van der Waals surface area contributed by atoms with Gasteiger partial charge in [0.1, 0.15) is 6.04 Å². The van der Waals surface area contributed by atoms with E-state index in [0.717, 1.165) is 5.69 Å². The lowest BCUT2D eigenvalue weighted by Crippen LogP contribution is -2.61. The predicted molar refractivity (Wildman–Crippen MR) is 71.6 cm³/mol. The first-order valence-corrected chi connectivity index (χ1v) is 6.22. The molecule has 1 aliphatic heterocycles. The van der Waals surface area contributed by atoms with Crippen LogP contribution in [0.1, 0.15) is 12.5 Å². The summed E-state index contributed by atoms with van der Waals surface area (Å²) in [6, 6.07) is 8.72. The number of amides is 1. The molecule has 2 rings (SSSR count). The number of likely N-dealkylation sites (N-methyl/N-ethyl adjacent to an activating group) is 1. The summed E-state index contributed by atoms with van der Waals surface area (Å²) >= 11 is 0. The van der Waals surface area contributed by atoms with Gasteiger partial charge in [0.25, 0.3) is 0 Å². The second kappa shape index (κ2) is 5.29. The Balaban J connectivity index is 2.40. The smallest absolute Gasteiger partial charge is 0.247 e. The Labute approximate surface area is 112 Å². The molecular weight excluding hydrogens is 242 g/mol. The van der Waals surface area contributed by atoms with Crippen LogP contribution in [-0.2, 0) is 4.79 Å². The summed E-state index contributed by atoms with van der Waals surface area (Å²) in [5, 5.41) is 18.5. The number of nitrogens with zero attached hydrogens (tertiary/aromatic N) is 3. The van der Waals surface area contributed by atoms with Gasteiger partial charge >= 0.3 is 0 Å². The maximum atomic E-state index is 12.1. The Bertz CT molecular complexity index is 524. The first kappa shape index (κ1) is 13.4. The highest BCUT2D eigenvalue weighted by molar-refractivity contribution is 5.87. The van der Waals surface area contributed by atoms with Crippen molar-refractivity contribution in [2.75, 3.05) is 25.1 Å². The van der Waals surface area contributed by atoms with Gasteiger partial charge in [0.15, 0.2) is 0 Å². The molecule has 1 N–H and O–H groups in total. The summed E-state index contributed by atoms with van der Waals surface area (Å²) in [7, 11) is 1.74. The number of anilines is 1. The van der Waals surface area contributed by atoms with Crippen LogP contribution in [0.3, 0.4) is 0 Å². The zero-order chi connectivity index (χ0) is 14.0. The molecule has 1 fully saturated rings. The average Bonchev–Trinajstić information content (AvgIpc) is 2.42. The number of aliphatic hydroxyl groups is 1. The van der Waals surface area contributed by atoms with E-state index < -0.39 is 6.04 Å². The van der Waals surface area contributed by atoms with Crippen LogP contribution in [0.5, 0.6) is 0 Å². The van der Waals surface area contributed by atoms with Gasteiger partial charge in [-0.05, 0) is 25.1 Å². The normalized spacial score (nSPS) is 23.4. The number of rotatable bonds is 2. The third-order valence-corrected chi connectivity index (χ3v) is 3.46. The number of benzene rings is 1. The lowest BCUT2D eigenvalue weighted by molar-refractivity contribution is -0.134. The van der Waals surface area contributed by atoms with Crippen molar-refractivity contribution in [1.29, 1.82) is 5.26 Å². The van der Waals surface area contributed by atoms with Gasteiger partial charge in [0, 0.05) is 25.3 Å². The average molecular weight is 259 g/mol. The molecule has 5 nitrogen and oxygen atoms in total. The number of hydrogen-bond acceptors (Lipinski definition) is 4. The van der Waals surface area contributed by atoms with Crippen LogP contribution in [0.15, 0.2) is 24.3 Å². The summed E-state index contributed by atoms with van der Waals surface area (Å²) in [6.07, 6.45) is 0. The van der Waals surface area contributed by atoms with Crippen molar-refractivity contribution in [3.05, 3.63) is 29.8 Å². The van der Waals surface area contributed by atoms with E-state index in [-0.39, 0.29) is 18.6 Å². The third-order valence-electron chi connectivity index (χ3n) is 3.46. The van der Waals surface area contributed by atoms with E-state index in [1.54, 1.807) is 30.1 Å². The molecule has 0 aliphatic carbocycles. The number of piperazine rings is 1. The molecule has 5 heteroatoms. The van der Waals surface area contributed by atoms with Gasteiger partial charge in [-0.1, -0.05) is 6.07 Å². The highest BCUT2D eigenvalue weighted by atomic mass is 16.3. The molecule has 1 aromatic carbocycles. The SMILES string of the molecule is CC1CN(C)C(=O)C(CO)N1c1cccc(C#N)c1. The first-order valence-electron chi connectivity index (χ1n) is 6.22. The van der Waals surface area contributed by atoms with Crippen molar-refractivity contribution in [3.63, 3.8) is 0 Å². The number of carbonyl (C=O) groups is 1. The quantitative estimate of drug-likeness (QED) is 0.844. The van der Waals surface area contributed by atoms with Crippen LogP contribution in [0, 0.1) is 11.3 Å². The largest absolute Gasteiger partial charge is 0.394 e. The lowest BCUT2D eigenvalue weighted by atomic mass is 10.0. The molecule has 1 saturated heterocycles. The topological polar surface area (TPSA) is 67.6 Å². The second-order valence-corrected chi connectivity index (χ2v) is 4.84. The first-order chi connectivity index (χ1) is 9.08. The molecule has 0 spiro atoms. The van der Waals surface area contributed by atoms with Gasteiger partial charge in [0.2, 0.25) is 5.91 Å². The zero-order valence-corrected chi connectivity index (χ0v) is 11.1. The van der Waals surface area contributed by atoms with Crippen LogP contribution in [0.25, 0.3) is 0 Å². The van der Waals surface area contributed by atoms with E-state index in [4.69, 9.17) is 5.26 Å². The summed E-state index contributed by atoms with van der Waals surface area (Å²) in [4.78, 5) is 15.6. The molecule has 0 radical (unpaired) electrons. The third kappa shape index (κ3) is 2.40. The van der Waals surface area contributed by atoms with Gasteiger partial charge < -0.3 is 14.9 Å². The molecule has 0 bridgehead atoms. The van der Waals surface area contributed by atoms with E-state index in [9.17, 15) is 9.90 Å². The fourth-order valence-corrected chi connectivity index (χ4v) is 2.59. The van der Waals surface area contributed by atoms with Gasteiger partial charge in [-0.25, -0.2) is 0 Å². The lowest BCUT2D eigenvalue weighted by Gasteiger charge is -2.44. The van der Waals surface area contributed by atoms with Gasteiger partial charge in [0.05, 0.1) is 18.2 Å². The molecule has 2 unspecified atom stereocenters. The molecule has 100 valence electrons. The van der Waals surface area contributed by atoms with Crippen molar-refractivity contribution in [2.24, 2.45) is 0 Å². The Hall–Kier alpha value is -2.06. The molecule has 1 amide bonds. The van der Waals surface area contributed by atoms with Gasteiger partial charge in [-0.15, -0.1) is 0 Å². The van der Waals surface area contributed by atoms with Crippen molar-refractivity contribution < 1.29 is 9.90 Å². The zero-order valence-electron chi connectivity index (χ0n) is 11.1. The minimum Gasteiger partial charge on any atom is -0.394 e. The molecule has 2 atom stereocenters. The molecular formula is C14H17N3O2. The van der Waals surface area contributed by atoms with Crippen LogP contribution in [0.2, 0.25) is 0 Å². The fourth-order valence-electron chi connectivity index (χ4n) is 2.59. The minimum absolute atomic E-state index is 0.0915. The molecule has 0 saturated carbocycles. The standard InChI is InChI=1S/C14H17N3O2/c1-10-8-16(2)14(19)13(9-18)17(10)12-5-3-4-11(6-12)7-15/h3-6,10,13,18H,8-9H2,1-2H3. The van der Waals surface area contributed by atoms with Gasteiger partial charge in [-0.2, -0.15) is 5.26 Å². The van der Waals surface area contributed by atoms with Crippen LogP contribution in [-0.4, -0.2) is 48.2 Å². The van der Waals surface area contributed by atoms with E-state index in [1.165, 1.54) is 0 Å². The molecule has 1 aliphatic rings. The van der Waals surface area contributed by atoms with E-state index in [1.807, 2.05) is 17.9 Å². The Morgan fingerprint density at radius 2 is 2.26 bits per heavy atom. The van der Waals surface area contributed by atoms with Crippen molar-refractivity contribution >= 4 is 11.6 Å². The van der Waals surface area contributed by atoms with Crippen LogP contribution >= 0.6 is 0 Å². The predicted octanol–water partition coefficient (Wildman–Crippen LogP) is 0.586. The van der Waals surface area contributed by atoms with Crippen LogP contribution in [0.4, 0.5) is 5.69 Å². The second-order valence-electron chi connectivity index (χ2n) is 4.84. The maximum Gasteiger partial charge on any atom is 0.247 e. The van der Waals surface area contributed by atoms with E-state index in [2.05, 4.69) is 6.07 Å². The molecule has 0 aromatic heterocycles. The van der Waals surface area contributed by atoms with Crippen molar-refractivity contribution in [2.45, 2.75) is 19.0 Å². The van der Waals surface area contributed by atoms with Crippen molar-refractivity contribution in [1.82, 2.24) is 4.90 Å². The fraction of sp³-hybridized carbons (Fsp3) is 0.429. The Kier molecular flexibility index (Phi) is 3.72. The van der Waals surface area contributed by atoms with E-state index in [0.29, 0.717) is 12.1 Å². The van der Waals surface area contributed by atoms with Crippen molar-refractivity contribution in [3.8, 4) is 6.07 Å². The minimum atomic E-state index is -0.581. The summed E-state index contributed by atoms with van der Waals surface area (Å²) in [6.45, 7) is 2.38.